The fourth-order valence-corrected chi connectivity index (χ4v) is 2.25. The molecule has 2 heteroatoms. The van der Waals surface area contributed by atoms with Gasteiger partial charge in [-0.05, 0) is 30.2 Å². The van der Waals surface area contributed by atoms with Crippen molar-refractivity contribution in [2.45, 2.75) is 58.3 Å². The maximum atomic E-state index is 10.2. The monoisotopic (exact) mass is 288 g/mol. The Kier molecular flexibility index (Phi) is 10.1. The zero-order chi connectivity index (χ0) is 15.2. The van der Waals surface area contributed by atoms with Crippen molar-refractivity contribution in [3.63, 3.8) is 0 Å². The predicted molar refractivity (Wildman–Crippen MR) is 89.6 cm³/mol. The minimum Gasteiger partial charge on any atom is -0.494 e. The van der Waals surface area contributed by atoms with E-state index in [1.165, 1.54) is 51.0 Å². The van der Waals surface area contributed by atoms with Crippen LogP contribution in [0.15, 0.2) is 30.3 Å². The molecule has 0 amide bonds. The number of carbonyl (C=O) groups is 1. The minimum atomic E-state index is 0.784. The fourth-order valence-electron chi connectivity index (χ4n) is 2.25. The van der Waals surface area contributed by atoms with Crippen LogP contribution >= 0.6 is 0 Å². The topological polar surface area (TPSA) is 26.3 Å². The molecule has 0 aliphatic carbocycles. The Morgan fingerprint density at radius 3 is 2.14 bits per heavy atom. The van der Waals surface area contributed by atoms with Crippen molar-refractivity contribution < 1.29 is 9.53 Å². The molecule has 0 radical (unpaired) electrons. The van der Waals surface area contributed by atoms with E-state index in [0.29, 0.717) is 0 Å². The first-order valence-corrected chi connectivity index (χ1v) is 8.21. The molecule has 21 heavy (non-hydrogen) atoms. The maximum Gasteiger partial charge on any atom is 0.142 e. The average Bonchev–Trinajstić information content (AvgIpc) is 2.52. The van der Waals surface area contributed by atoms with Gasteiger partial charge in [0.2, 0.25) is 0 Å². The molecule has 0 saturated carbocycles. The lowest BCUT2D eigenvalue weighted by atomic mass is 10.1. The fraction of sp³-hybridized carbons (Fsp3) is 0.526. The molecule has 0 unspecified atom stereocenters. The van der Waals surface area contributed by atoms with Crippen molar-refractivity contribution in [1.82, 2.24) is 0 Å². The molecule has 1 aromatic rings. The van der Waals surface area contributed by atoms with Crippen LogP contribution < -0.4 is 4.74 Å². The Hall–Kier alpha value is -1.57. The van der Waals surface area contributed by atoms with Gasteiger partial charge in [-0.3, -0.25) is 4.79 Å². The molecule has 0 fully saturated rings. The summed E-state index contributed by atoms with van der Waals surface area (Å²) in [6.07, 6.45) is 14.6. The minimum absolute atomic E-state index is 0.784. The van der Waals surface area contributed by atoms with E-state index in [0.717, 1.165) is 30.6 Å². The number of hydrogen-bond donors (Lipinski definition) is 0. The molecule has 0 aliphatic heterocycles. The van der Waals surface area contributed by atoms with Gasteiger partial charge in [-0.25, -0.2) is 0 Å². The van der Waals surface area contributed by atoms with E-state index in [4.69, 9.17) is 4.74 Å². The number of unbranched alkanes of at least 4 members (excludes halogenated alkanes) is 7. The van der Waals surface area contributed by atoms with Gasteiger partial charge in [-0.15, -0.1) is 0 Å². The van der Waals surface area contributed by atoms with Crippen LogP contribution in [0.5, 0.6) is 5.75 Å². The van der Waals surface area contributed by atoms with Gasteiger partial charge in [-0.1, -0.05) is 70.1 Å². The quantitative estimate of drug-likeness (QED) is 0.292. The van der Waals surface area contributed by atoms with Crippen LogP contribution in [0.3, 0.4) is 0 Å². The molecule has 1 aromatic carbocycles. The number of carbonyl (C=O) groups excluding carboxylic acids is 1. The Labute approximate surface area is 129 Å². The number of benzene rings is 1. The van der Waals surface area contributed by atoms with Gasteiger partial charge in [0.25, 0.3) is 0 Å². The molecule has 0 spiro atoms. The highest BCUT2D eigenvalue weighted by Crippen LogP contribution is 2.14. The van der Waals surface area contributed by atoms with E-state index in [9.17, 15) is 4.79 Å². The Balaban J connectivity index is 2.05. The van der Waals surface area contributed by atoms with Crippen molar-refractivity contribution in [1.29, 1.82) is 0 Å². The van der Waals surface area contributed by atoms with Crippen LogP contribution in [0.4, 0.5) is 0 Å². The summed E-state index contributed by atoms with van der Waals surface area (Å²) in [4.78, 5) is 10.2. The van der Waals surface area contributed by atoms with E-state index in [2.05, 4.69) is 6.92 Å². The van der Waals surface area contributed by atoms with E-state index < -0.39 is 0 Å². The number of ether oxygens (including phenoxy) is 1. The normalized spacial score (nSPS) is 10.9. The standard InChI is InChI=1S/C19H28O2/c1-2-3-4-5-6-7-8-9-17-21-19-14-12-18(13-15-19)11-10-16-20/h10-16H,2-9,17H2,1H3/b11-10+. The lowest BCUT2D eigenvalue weighted by Gasteiger charge is -2.06. The zero-order valence-corrected chi connectivity index (χ0v) is 13.2. The smallest absolute Gasteiger partial charge is 0.142 e. The molecule has 0 saturated heterocycles. The van der Waals surface area contributed by atoms with Crippen molar-refractivity contribution in [2.24, 2.45) is 0 Å². The lowest BCUT2D eigenvalue weighted by Crippen LogP contribution is -1.97. The van der Waals surface area contributed by atoms with Crippen LogP contribution in [0.1, 0.15) is 63.9 Å². The van der Waals surface area contributed by atoms with Gasteiger partial charge in [0.15, 0.2) is 0 Å². The first kappa shape index (κ1) is 17.5. The second-order valence-electron chi connectivity index (χ2n) is 5.39. The SMILES string of the molecule is CCCCCCCCCCOc1ccc(/C=C/C=O)cc1. The van der Waals surface area contributed by atoms with Crippen LogP contribution in [0.25, 0.3) is 6.08 Å². The summed E-state index contributed by atoms with van der Waals surface area (Å²) in [7, 11) is 0. The van der Waals surface area contributed by atoms with Crippen molar-refractivity contribution in [3.8, 4) is 5.75 Å². The summed E-state index contributed by atoms with van der Waals surface area (Å²) in [5.41, 5.74) is 1.02. The molecule has 1 rings (SSSR count). The van der Waals surface area contributed by atoms with Crippen molar-refractivity contribution in [3.05, 3.63) is 35.9 Å². The van der Waals surface area contributed by atoms with Crippen LogP contribution in [-0.2, 0) is 4.79 Å². The van der Waals surface area contributed by atoms with Crippen LogP contribution in [0.2, 0.25) is 0 Å². The Morgan fingerprint density at radius 1 is 0.905 bits per heavy atom. The first-order chi connectivity index (χ1) is 10.4. The number of rotatable bonds is 12. The largest absolute Gasteiger partial charge is 0.494 e. The van der Waals surface area contributed by atoms with E-state index in [1.54, 1.807) is 6.08 Å². The predicted octanol–water partition coefficient (Wildman–Crippen LogP) is 5.42. The van der Waals surface area contributed by atoms with Gasteiger partial charge in [0.1, 0.15) is 12.0 Å². The van der Waals surface area contributed by atoms with Gasteiger partial charge in [0, 0.05) is 0 Å². The summed E-state index contributed by atoms with van der Waals surface area (Å²) in [5.74, 6) is 0.904. The number of allylic oxidation sites excluding steroid dienone is 1. The molecule has 0 aliphatic rings. The number of aldehydes is 1. The highest BCUT2D eigenvalue weighted by molar-refractivity contribution is 5.73. The highest BCUT2D eigenvalue weighted by atomic mass is 16.5. The molecular weight excluding hydrogens is 260 g/mol. The molecule has 0 N–H and O–H groups in total. The van der Waals surface area contributed by atoms with Crippen LogP contribution in [-0.4, -0.2) is 12.9 Å². The van der Waals surface area contributed by atoms with Gasteiger partial charge in [-0.2, -0.15) is 0 Å². The maximum absolute atomic E-state index is 10.2. The van der Waals surface area contributed by atoms with Crippen molar-refractivity contribution >= 4 is 12.4 Å². The molecule has 116 valence electrons. The summed E-state index contributed by atoms with van der Waals surface area (Å²) >= 11 is 0. The van der Waals surface area contributed by atoms with Crippen molar-refractivity contribution in [2.75, 3.05) is 6.61 Å². The summed E-state index contributed by atoms with van der Waals surface area (Å²) < 4.78 is 5.72. The third-order valence-corrected chi connectivity index (χ3v) is 3.51. The van der Waals surface area contributed by atoms with Gasteiger partial charge < -0.3 is 4.74 Å². The zero-order valence-electron chi connectivity index (χ0n) is 13.2. The molecule has 0 bridgehead atoms. The first-order valence-electron chi connectivity index (χ1n) is 8.21. The molecular formula is C19H28O2. The third-order valence-electron chi connectivity index (χ3n) is 3.51. The average molecular weight is 288 g/mol. The molecule has 0 aromatic heterocycles. The Morgan fingerprint density at radius 2 is 1.52 bits per heavy atom. The second-order valence-corrected chi connectivity index (χ2v) is 5.39. The molecule has 0 heterocycles. The van der Waals surface area contributed by atoms with Gasteiger partial charge in [0.05, 0.1) is 6.61 Å². The van der Waals surface area contributed by atoms with E-state index >= 15 is 0 Å². The summed E-state index contributed by atoms with van der Waals surface area (Å²) in [6.45, 7) is 3.04. The lowest BCUT2D eigenvalue weighted by molar-refractivity contribution is -0.104. The van der Waals surface area contributed by atoms with Crippen LogP contribution in [0, 0.1) is 0 Å². The number of hydrogen-bond acceptors (Lipinski definition) is 2. The van der Waals surface area contributed by atoms with Gasteiger partial charge >= 0.3 is 0 Å². The summed E-state index contributed by atoms with van der Waals surface area (Å²) in [5, 5.41) is 0. The summed E-state index contributed by atoms with van der Waals surface area (Å²) in [6, 6.07) is 7.83. The second kappa shape index (κ2) is 12.2. The van der Waals surface area contributed by atoms with E-state index in [-0.39, 0.29) is 0 Å². The molecule has 0 atom stereocenters. The highest BCUT2D eigenvalue weighted by Gasteiger charge is 1.95. The Bertz CT molecular complexity index is 393. The third kappa shape index (κ3) is 9.06. The van der Waals surface area contributed by atoms with E-state index in [1.807, 2.05) is 24.3 Å². The molecule has 2 nitrogen and oxygen atoms in total.